The Morgan fingerprint density at radius 3 is 2.56 bits per heavy atom. The summed E-state index contributed by atoms with van der Waals surface area (Å²) in [6.45, 7) is 0. The van der Waals surface area contributed by atoms with Crippen molar-refractivity contribution in [3.05, 3.63) is 90.1 Å². The quantitative estimate of drug-likeness (QED) is 0.531. The summed E-state index contributed by atoms with van der Waals surface area (Å²) in [7, 11) is 0. The third kappa shape index (κ3) is 3.41. The maximum Gasteiger partial charge on any atom is 0.250 e. The normalized spacial score (nSPS) is 18.9. The number of carbonyl (C=O) groups excluding carboxylic acids is 1. The van der Waals surface area contributed by atoms with Crippen LogP contribution in [-0.2, 0) is 12.0 Å². The van der Waals surface area contributed by atoms with Gasteiger partial charge in [-0.1, -0.05) is 42.5 Å². The lowest BCUT2D eigenvalue weighted by molar-refractivity contribution is 0.100. The Hall–Kier alpha value is -4.33. The zero-order valence-electron chi connectivity index (χ0n) is 17.1. The van der Waals surface area contributed by atoms with Crippen LogP contribution in [0.3, 0.4) is 0 Å². The average molecular weight is 421 g/mol. The number of hydrogen-bond donors (Lipinski definition) is 1. The van der Waals surface area contributed by atoms with Crippen molar-refractivity contribution < 1.29 is 4.79 Å². The van der Waals surface area contributed by atoms with Gasteiger partial charge in [-0.15, -0.1) is 0 Å². The fourth-order valence-corrected chi connectivity index (χ4v) is 4.08. The molecule has 0 saturated heterocycles. The highest BCUT2D eigenvalue weighted by molar-refractivity contribution is 6.11. The van der Waals surface area contributed by atoms with E-state index in [1.54, 1.807) is 30.6 Å². The summed E-state index contributed by atoms with van der Waals surface area (Å²) in [6.07, 6.45) is 7.66. The van der Waals surface area contributed by atoms with Crippen LogP contribution >= 0.6 is 0 Å². The van der Waals surface area contributed by atoms with Gasteiger partial charge in [0.05, 0.1) is 22.5 Å². The zero-order chi connectivity index (χ0) is 22.0. The van der Waals surface area contributed by atoms with Crippen LogP contribution in [0, 0.1) is 0 Å². The van der Waals surface area contributed by atoms with Gasteiger partial charge in [-0.25, -0.2) is 24.9 Å². The molecule has 0 aliphatic carbocycles. The molecular weight excluding hydrogens is 402 g/mol. The first-order valence-electron chi connectivity index (χ1n) is 10.1. The molecule has 0 radical (unpaired) electrons. The molecule has 0 spiro atoms. The van der Waals surface area contributed by atoms with E-state index in [0.29, 0.717) is 41.0 Å². The van der Waals surface area contributed by atoms with Crippen LogP contribution in [0.5, 0.6) is 0 Å². The number of amides is 1. The maximum absolute atomic E-state index is 12.0. The molecule has 1 aliphatic heterocycles. The molecule has 1 unspecified atom stereocenters. The molecule has 8 nitrogen and oxygen atoms in total. The molecular formula is C24H19N7O. The van der Waals surface area contributed by atoms with Crippen LogP contribution in [0.1, 0.15) is 28.0 Å². The summed E-state index contributed by atoms with van der Waals surface area (Å²) in [6, 6.07) is 17.1. The van der Waals surface area contributed by atoms with Crippen LogP contribution in [-0.4, -0.2) is 37.8 Å². The molecule has 5 rings (SSSR count). The highest BCUT2D eigenvalue weighted by Crippen LogP contribution is 2.39. The highest BCUT2D eigenvalue weighted by Gasteiger charge is 2.43. The number of rotatable bonds is 5. The minimum Gasteiger partial charge on any atom is -0.366 e. The molecule has 2 aromatic carbocycles. The number of benzene rings is 2. The fourth-order valence-electron chi connectivity index (χ4n) is 4.08. The Morgan fingerprint density at radius 2 is 1.78 bits per heavy atom. The van der Waals surface area contributed by atoms with Crippen LogP contribution in [0.15, 0.2) is 83.3 Å². The molecule has 1 aliphatic rings. The number of para-hydroxylation sites is 1. The number of hydrogen-bond acceptors (Lipinski definition) is 7. The van der Waals surface area contributed by atoms with E-state index in [-0.39, 0.29) is 0 Å². The molecule has 2 N–H and O–H groups in total. The minimum atomic E-state index is -0.891. The lowest BCUT2D eigenvalue weighted by atomic mass is 9.82. The van der Waals surface area contributed by atoms with Gasteiger partial charge in [-0.05, 0) is 17.7 Å². The summed E-state index contributed by atoms with van der Waals surface area (Å²) in [5, 5.41) is 0.709. The second-order valence-electron chi connectivity index (χ2n) is 7.43. The number of nitrogens with zero attached hydrogens (tertiary/aromatic N) is 6. The van der Waals surface area contributed by atoms with Crippen LogP contribution in [0.4, 0.5) is 5.95 Å². The zero-order valence-corrected chi connectivity index (χ0v) is 17.1. The van der Waals surface area contributed by atoms with Gasteiger partial charge in [-0.3, -0.25) is 9.79 Å². The number of nitrogens with two attached hydrogens (primary N) is 1. The number of aromatic nitrogens is 4. The maximum atomic E-state index is 12.0. The van der Waals surface area contributed by atoms with Crippen LogP contribution in [0.2, 0.25) is 0 Å². The van der Waals surface area contributed by atoms with E-state index in [4.69, 9.17) is 15.7 Å². The van der Waals surface area contributed by atoms with E-state index in [1.807, 2.05) is 42.6 Å². The lowest BCUT2D eigenvalue weighted by Crippen LogP contribution is -2.34. The predicted octanol–water partition coefficient (Wildman–Crippen LogP) is 3.20. The Labute approximate surface area is 184 Å². The van der Waals surface area contributed by atoms with Gasteiger partial charge in [0.2, 0.25) is 5.95 Å². The Balaban J connectivity index is 1.77. The Kier molecular flexibility index (Phi) is 4.95. The van der Waals surface area contributed by atoms with Gasteiger partial charge in [0, 0.05) is 36.8 Å². The molecule has 3 heterocycles. The highest BCUT2D eigenvalue weighted by atomic mass is 16.1. The first kappa shape index (κ1) is 19.6. The minimum absolute atomic E-state index is 0.341. The summed E-state index contributed by atoms with van der Waals surface area (Å²) in [5.74, 6) is -0.180. The average Bonchev–Trinajstić information content (AvgIpc) is 3.22. The van der Waals surface area contributed by atoms with Crippen LogP contribution < -0.4 is 5.73 Å². The summed E-state index contributed by atoms with van der Waals surface area (Å²) < 4.78 is 0. The first-order valence-corrected chi connectivity index (χ1v) is 10.1. The number of primary amides is 1. The van der Waals surface area contributed by atoms with Gasteiger partial charge in [0.25, 0.3) is 5.91 Å². The standard InChI is InChI=1S/C24H19N7O/c25-22(32)18-9-4-8-17-20(18)28-15-29-21(17)24(14-16-6-2-1-3-7-16)19(10-13-30-24)31-23-26-11-5-12-27-23/h1-9,11-13,15H,10,14H2,(H2,25,32). The van der Waals surface area contributed by atoms with Gasteiger partial charge < -0.3 is 5.73 Å². The van der Waals surface area contributed by atoms with E-state index >= 15 is 0 Å². The second-order valence-corrected chi connectivity index (χ2v) is 7.43. The van der Waals surface area contributed by atoms with Crippen molar-refractivity contribution in [3.8, 4) is 0 Å². The van der Waals surface area contributed by atoms with Crippen molar-refractivity contribution >= 4 is 34.7 Å². The first-order chi connectivity index (χ1) is 15.7. The number of aliphatic imine (C=N–C) groups is 2. The summed E-state index contributed by atoms with van der Waals surface area (Å²) >= 11 is 0. The van der Waals surface area contributed by atoms with Gasteiger partial charge in [-0.2, -0.15) is 0 Å². The molecule has 1 amide bonds. The van der Waals surface area contributed by atoms with Gasteiger partial charge >= 0.3 is 0 Å². The molecule has 4 aromatic rings. The van der Waals surface area contributed by atoms with Crippen molar-refractivity contribution in [1.82, 2.24) is 19.9 Å². The largest absolute Gasteiger partial charge is 0.366 e. The SMILES string of the molecule is NC(=O)c1cccc2c(C3(Cc4ccccc4)N=CCC3=Nc3ncccn3)ncnc12. The Bertz CT molecular complexity index is 1350. The lowest BCUT2D eigenvalue weighted by Gasteiger charge is -2.28. The third-order valence-electron chi connectivity index (χ3n) is 5.49. The van der Waals surface area contributed by atoms with Crippen molar-refractivity contribution in [2.75, 3.05) is 0 Å². The number of carbonyl (C=O) groups is 1. The van der Waals surface area contributed by atoms with Crippen molar-refractivity contribution in [2.45, 2.75) is 18.4 Å². The van der Waals surface area contributed by atoms with Gasteiger partial charge in [0.1, 0.15) is 11.9 Å². The van der Waals surface area contributed by atoms with Gasteiger partial charge in [0.15, 0.2) is 0 Å². The molecule has 156 valence electrons. The third-order valence-corrected chi connectivity index (χ3v) is 5.49. The topological polar surface area (TPSA) is 119 Å². The van der Waals surface area contributed by atoms with Crippen molar-refractivity contribution in [2.24, 2.45) is 15.7 Å². The van der Waals surface area contributed by atoms with Crippen molar-refractivity contribution in [3.63, 3.8) is 0 Å². The van der Waals surface area contributed by atoms with Crippen LogP contribution in [0.25, 0.3) is 10.9 Å². The Morgan fingerprint density at radius 1 is 0.969 bits per heavy atom. The molecule has 8 heteroatoms. The van der Waals surface area contributed by atoms with E-state index in [1.165, 1.54) is 6.33 Å². The van der Waals surface area contributed by atoms with E-state index < -0.39 is 11.4 Å². The van der Waals surface area contributed by atoms with E-state index in [2.05, 4.69) is 19.9 Å². The molecule has 0 fully saturated rings. The summed E-state index contributed by atoms with van der Waals surface area (Å²) in [4.78, 5) is 39.2. The number of fused-ring (bicyclic) bond motifs is 1. The molecule has 2 aromatic heterocycles. The molecule has 0 bridgehead atoms. The molecule has 0 saturated carbocycles. The second kappa shape index (κ2) is 8.07. The predicted molar refractivity (Wildman–Crippen MR) is 122 cm³/mol. The smallest absolute Gasteiger partial charge is 0.250 e. The van der Waals surface area contributed by atoms with E-state index in [0.717, 1.165) is 11.3 Å². The fraction of sp³-hybridized carbons (Fsp3) is 0.125. The monoisotopic (exact) mass is 421 g/mol. The summed E-state index contributed by atoms with van der Waals surface area (Å²) in [5.41, 5.74) is 8.06. The van der Waals surface area contributed by atoms with E-state index in [9.17, 15) is 4.79 Å². The molecule has 32 heavy (non-hydrogen) atoms. The van der Waals surface area contributed by atoms with Crippen molar-refractivity contribution in [1.29, 1.82) is 0 Å². The molecule has 1 atom stereocenters.